The lowest BCUT2D eigenvalue weighted by atomic mass is 9.88. The van der Waals surface area contributed by atoms with Crippen LogP contribution in [0.25, 0.3) is 0 Å². The number of carbonyl (C=O) groups excluding carboxylic acids is 2. The maximum atomic E-state index is 11.8. The van der Waals surface area contributed by atoms with Crippen molar-refractivity contribution in [1.82, 2.24) is 5.32 Å². The highest BCUT2D eigenvalue weighted by atomic mass is 16.5. The summed E-state index contributed by atoms with van der Waals surface area (Å²) in [4.78, 5) is 22.9. The van der Waals surface area contributed by atoms with Crippen LogP contribution in [0.15, 0.2) is 24.3 Å². The molecule has 2 amide bonds. The molecule has 3 rings (SSSR count). The molecule has 0 radical (unpaired) electrons. The van der Waals surface area contributed by atoms with Crippen molar-refractivity contribution in [3.8, 4) is 5.75 Å². The minimum atomic E-state index is -0.850. The Morgan fingerprint density at radius 2 is 2.06 bits per heavy atom. The summed E-state index contributed by atoms with van der Waals surface area (Å²) in [5.41, 5.74) is 0.185. The lowest BCUT2D eigenvalue weighted by molar-refractivity contribution is -0.145. The lowest BCUT2D eigenvalue weighted by Crippen LogP contribution is -2.56. The van der Waals surface area contributed by atoms with Gasteiger partial charge in [0.1, 0.15) is 5.75 Å². The van der Waals surface area contributed by atoms with Crippen LogP contribution in [0.2, 0.25) is 0 Å². The molecule has 0 saturated carbocycles. The van der Waals surface area contributed by atoms with Gasteiger partial charge in [0.05, 0.1) is 0 Å². The number of imide groups is 1. The monoisotopic (exact) mass is 217 g/mol. The standard InChI is InChI=1S/C12H11NO3/c14-10-5-6-12(11(15)13-10)7-8-3-1-2-4-9(8)16-12/h1-4H,5-7H2,(H,13,14,15). The molecule has 2 heterocycles. The maximum Gasteiger partial charge on any atom is 0.271 e. The number of benzene rings is 1. The molecule has 82 valence electrons. The molecule has 1 atom stereocenters. The summed E-state index contributed by atoms with van der Waals surface area (Å²) in [7, 11) is 0. The third-order valence-electron chi connectivity index (χ3n) is 3.18. The van der Waals surface area contributed by atoms with Crippen molar-refractivity contribution >= 4 is 11.8 Å². The largest absolute Gasteiger partial charge is 0.477 e. The Morgan fingerprint density at radius 3 is 2.81 bits per heavy atom. The molecule has 4 heteroatoms. The van der Waals surface area contributed by atoms with Crippen molar-refractivity contribution in [3.05, 3.63) is 29.8 Å². The van der Waals surface area contributed by atoms with Gasteiger partial charge in [0.2, 0.25) is 5.91 Å². The predicted octanol–water partition coefficient (Wildman–Crippen LogP) is 0.797. The third kappa shape index (κ3) is 1.23. The summed E-state index contributed by atoms with van der Waals surface area (Å²) in [6.07, 6.45) is 1.37. The van der Waals surface area contributed by atoms with E-state index in [9.17, 15) is 9.59 Å². The van der Waals surface area contributed by atoms with Crippen molar-refractivity contribution in [2.24, 2.45) is 0 Å². The minimum absolute atomic E-state index is 0.213. The molecule has 0 aliphatic carbocycles. The van der Waals surface area contributed by atoms with Gasteiger partial charge in [-0.15, -0.1) is 0 Å². The van der Waals surface area contributed by atoms with Gasteiger partial charge < -0.3 is 4.74 Å². The first-order valence-electron chi connectivity index (χ1n) is 5.31. The Hall–Kier alpha value is -1.84. The van der Waals surface area contributed by atoms with E-state index >= 15 is 0 Å². The Balaban J connectivity index is 1.94. The minimum Gasteiger partial charge on any atom is -0.477 e. The van der Waals surface area contributed by atoms with Crippen LogP contribution in [0.3, 0.4) is 0 Å². The molecule has 1 fully saturated rings. The maximum absolute atomic E-state index is 11.8. The highest BCUT2D eigenvalue weighted by Gasteiger charge is 2.49. The molecular weight excluding hydrogens is 206 g/mol. The van der Waals surface area contributed by atoms with E-state index in [1.54, 1.807) is 0 Å². The second-order valence-electron chi connectivity index (χ2n) is 4.26. The number of fused-ring (bicyclic) bond motifs is 1. The van der Waals surface area contributed by atoms with E-state index in [0.29, 0.717) is 19.3 Å². The van der Waals surface area contributed by atoms with E-state index in [2.05, 4.69) is 5.32 Å². The van der Waals surface area contributed by atoms with Crippen LogP contribution in [-0.4, -0.2) is 17.4 Å². The molecule has 0 bridgehead atoms. The molecule has 1 spiro atoms. The zero-order valence-corrected chi connectivity index (χ0v) is 8.66. The van der Waals surface area contributed by atoms with Crippen LogP contribution in [0.1, 0.15) is 18.4 Å². The Morgan fingerprint density at radius 1 is 1.25 bits per heavy atom. The van der Waals surface area contributed by atoms with Gasteiger partial charge in [-0.2, -0.15) is 0 Å². The number of rotatable bonds is 0. The van der Waals surface area contributed by atoms with Crippen molar-refractivity contribution in [3.63, 3.8) is 0 Å². The van der Waals surface area contributed by atoms with Crippen LogP contribution in [0.4, 0.5) is 0 Å². The second-order valence-corrected chi connectivity index (χ2v) is 4.26. The number of hydrogen-bond acceptors (Lipinski definition) is 3. The molecule has 1 unspecified atom stereocenters. The number of para-hydroxylation sites is 1. The van der Waals surface area contributed by atoms with Gasteiger partial charge in [-0.1, -0.05) is 18.2 Å². The van der Waals surface area contributed by atoms with Crippen LogP contribution >= 0.6 is 0 Å². The summed E-state index contributed by atoms with van der Waals surface area (Å²) in [6.45, 7) is 0. The van der Waals surface area contributed by atoms with Crippen LogP contribution in [-0.2, 0) is 16.0 Å². The smallest absolute Gasteiger partial charge is 0.271 e. The zero-order chi connectivity index (χ0) is 11.2. The zero-order valence-electron chi connectivity index (χ0n) is 8.66. The van der Waals surface area contributed by atoms with Gasteiger partial charge in [-0.25, -0.2) is 0 Å². The fourth-order valence-corrected chi connectivity index (χ4v) is 2.30. The number of ether oxygens (including phenoxy) is 1. The molecular formula is C12H11NO3. The highest BCUT2D eigenvalue weighted by molar-refractivity contribution is 6.02. The molecule has 1 aromatic carbocycles. The van der Waals surface area contributed by atoms with Gasteiger partial charge in [-0.3, -0.25) is 14.9 Å². The molecule has 16 heavy (non-hydrogen) atoms. The van der Waals surface area contributed by atoms with Gasteiger partial charge in [0, 0.05) is 19.3 Å². The summed E-state index contributed by atoms with van der Waals surface area (Å²) < 4.78 is 5.73. The first kappa shape index (κ1) is 9.39. The molecule has 1 N–H and O–H groups in total. The summed E-state index contributed by atoms with van der Waals surface area (Å²) in [5, 5.41) is 2.34. The van der Waals surface area contributed by atoms with E-state index in [-0.39, 0.29) is 11.8 Å². The number of hydrogen-bond donors (Lipinski definition) is 1. The van der Waals surface area contributed by atoms with E-state index in [4.69, 9.17) is 4.74 Å². The molecule has 1 saturated heterocycles. The number of nitrogens with one attached hydrogen (secondary N) is 1. The van der Waals surface area contributed by atoms with Crippen molar-refractivity contribution in [2.75, 3.05) is 0 Å². The summed E-state index contributed by atoms with van der Waals surface area (Å²) in [6, 6.07) is 7.61. The van der Waals surface area contributed by atoms with Crippen molar-refractivity contribution in [2.45, 2.75) is 24.9 Å². The first-order chi connectivity index (χ1) is 7.70. The molecule has 4 nitrogen and oxygen atoms in total. The van der Waals surface area contributed by atoms with E-state index in [0.717, 1.165) is 11.3 Å². The van der Waals surface area contributed by atoms with Crippen LogP contribution in [0.5, 0.6) is 5.75 Å². The Bertz CT molecular complexity index is 456. The lowest BCUT2D eigenvalue weighted by Gasteiger charge is -2.30. The number of carbonyl (C=O) groups is 2. The quantitative estimate of drug-likeness (QED) is 0.654. The Kier molecular flexibility index (Phi) is 1.80. The number of piperidine rings is 1. The Labute approximate surface area is 92.6 Å². The van der Waals surface area contributed by atoms with Gasteiger partial charge in [0.25, 0.3) is 5.91 Å². The SMILES string of the molecule is O=C1CCC2(Cc3ccccc3O2)C(=O)N1. The van der Waals surface area contributed by atoms with E-state index in [1.807, 2.05) is 24.3 Å². The van der Waals surface area contributed by atoms with Crippen molar-refractivity contribution in [1.29, 1.82) is 0 Å². The van der Waals surface area contributed by atoms with Crippen molar-refractivity contribution < 1.29 is 14.3 Å². The summed E-state index contributed by atoms with van der Waals surface area (Å²) >= 11 is 0. The van der Waals surface area contributed by atoms with Gasteiger partial charge >= 0.3 is 0 Å². The topological polar surface area (TPSA) is 55.4 Å². The fraction of sp³-hybridized carbons (Fsp3) is 0.333. The molecule has 1 aromatic rings. The fourth-order valence-electron chi connectivity index (χ4n) is 2.30. The highest BCUT2D eigenvalue weighted by Crippen LogP contribution is 2.38. The summed E-state index contributed by atoms with van der Waals surface area (Å²) in [5.74, 6) is 0.238. The number of amides is 2. The average Bonchev–Trinajstić information content (AvgIpc) is 2.64. The molecule has 0 aromatic heterocycles. The second kappa shape index (κ2) is 3.07. The van der Waals surface area contributed by atoms with Crippen LogP contribution < -0.4 is 10.1 Å². The van der Waals surface area contributed by atoms with E-state index < -0.39 is 5.60 Å². The van der Waals surface area contributed by atoms with E-state index in [1.165, 1.54) is 0 Å². The normalized spacial score (nSPS) is 27.5. The van der Waals surface area contributed by atoms with Gasteiger partial charge in [-0.05, 0) is 11.6 Å². The predicted molar refractivity (Wildman–Crippen MR) is 55.9 cm³/mol. The van der Waals surface area contributed by atoms with Crippen LogP contribution in [0, 0.1) is 0 Å². The van der Waals surface area contributed by atoms with Gasteiger partial charge in [0.15, 0.2) is 5.60 Å². The molecule has 2 aliphatic heterocycles. The molecule has 2 aliphatic rings. The third-order valence-corrected chi connectivity index (χ3v) is 3.18. The first-order valence-corrected chi connectivity index (χ1v) is 5.31. The average molecular weight is 217 g/mol.